The second kappa shape index (κ2) is 7.14. The van der Waals surface area contributed by atoms with Crippen molar-refractivity contribution in [2.75, 3.05) is 13.1 Å². The first-order valence-corrected chi connectivity index (χ1v) is 8.24. The Kier molecular flexibility index (Phi) is 5.48. The summed E-state index contributed by atoms with van der Waals surface area (Å²) in [4.78, 5) is 25.3. The molecule has 1 aliphatic heterocycles. The van der Waals surface area contributed by atoms with Crippen LogP contribution in [0.2, 0.25) is 0 Å². The molecule has 1 saturated heterocycles. The molecule has 5 nitrogen and oxygen atoms in total. The van der Waals surface area contributed by atoms with E-state index < -0.39 is 5.97 Å². The zero-order valence-electron chi connectivity index (χ0n) is 13.2. The number of hydrogen-bond donors (Lipinski definition) is 2. The van der Waals surface area contributed by atoms with Crippen molar-refractivity contribution < 1.29 is 14.7 Å². The topological polar surface area (TPSA) is 69.6 Å². The molecule has 2 aliphatic rings. The van der Waals surface area contributed by atoms with Gasteiger partial charge in [0.15, 0.2) is 0 Å². The normalized spacial score (nSPS) is 34.1. The van der Waals surface area contributed by atoms with Crippen LogP contribution in [0.15, 0.2) is 0 Å². The molecule has 1 aliphatic carbocycles. The molecule has 0 spiro atoms. The van der Waals surface area contributed by atoms with Crippen LogP contribution in [-0.2, 0) is 4.79 Å². The largest absolute Gasteiger partial charge is 0.481 e. The molecule has 0 aromatic rings. The molecule has 21 heavy (non-hydrogen) atoms. The van der Waals surface area contributed by atoms with Gasteiger partial charge < -0.3 is 15.3 Å². The van der Waals surface area contributed by atoms with Crippen LogP contribution in [-0.4, -0.2) is 41.1 Å². The maximum atomic E-state index is 12.4. The number of hydrogen-bond acceptors (Lipinski definition) is 2. The predicted molar refractivity (Wildman–Crippen MR) is 81.0 cm³/mol. The number of rotatable bonds is 2. The molecule has 0 aromatic carbocycles. The van der Waals surface area contributed by atoms with Crippen LogP contribution in [0.4, 0.5) is 4.79 Å². The SMILES string of the molecule is CC1CCN(C(=O)NC2CCC(C(=O)O)CC2)CC(C)C1. The Bertz CT molecular complexity index is 378. The lowest BCUT2D eigenvalue weighted by Gasteiger charge is -2.30. The van der Waals surface area contributed by atoms with E-state index in [0.29, 0.717) is 24.7 Å². The number of urea groups is 1. The van der Waals surface area contributed by atoms with E-state index in [-0.39, 0.29) is 18.0 Å². The minimum absolute atomic E-state index is 0.0368. The Morgan fingerprint density at radius 3 is 2.33 bits per heavy atom. The first-order chi connectivity index (χ1) is 9.95. The van der Waals surface area contributed by atoms with Crippen molar-refractivity contribution >= 4 is 12.0 Å². The lowest BCUT2D eigenvalue weighted by atomic mass is 9.86. The number of nitrogens with zero attached hydrogens (tertiary/aromatic N) is 1. The molecule has 2 atom stereocenters. The van der Waals surface area contributed by atoms with Crippen molar-refractivity contribution in [2.45, 2.75) is 58.4 Å². The summed E-state index contributed by atoms with van der Waals surface area (Å²) in [7, 11) is 0. The second-order valence-corrected chi connectivity index (χ2v) is 7.02. The van der Waals surface area contributed by atoms with E-state index in [2.05, 4.69) is 19.2 Å². The van der Waals surface area contributed by atoms with E-state index in [1.807, 2.05) is 4.90 Å². The van der Waals surface area contributed by atoms with Crippen LogP contribution in [0.25, 0.3) is 0 Å². The van der Waals surface area contributed by atoms with Gasteiger partial charge in [-0.1, -0.05) is 13.8 Å². The molecule has 1 heterocycles. The fraction of sp³-hybridized carbons (Fsp3) is 0.875. The number of nitrogens with one attached hydrogen (secondary N) is 1. The van der Waals surface area contributed by atoms with Crippen molar-refractivity contribution in [3.05, 3.63) is 0 Å². The molecule has 0 bridgehead atoms. The van der Waals surface area contributed by atoms with Crippen molar-refractivity contribution in [3.8, 4) is 0 Å². The van der Waals surface area contributed by atoms with Gasteiger partial charge in [-0.15, -0.1) is 0 Å². The number of carboxylic acid groups (broad SMARTS) is 1. The second-order valence-electron chi connectivity index (χ2n) is 7.02. The van der Waals surface area contributed by atoms with Crippen LogP contribution >= 0.6 is 0 Å². The minimum atomic E-state index is -0.699. The van der Waals surface area contributed by atoms with Gasteiger partial charge in [0.05, 0.1) is 5.92 Å². The Balaban J connectivity index is 1.80. The number of carbonyl (C=O) groups excluding carboxylic acids is 1. The van der Waals surface area contributed by atoms with E-state index in [0.717, 1.165) is 32.4 Å². The third kappa shape index (κ3) is 4.61. The predicted octanol–water partition coefficient (Wildman–Crippen LogP) is 2.71. The van der Waals surface area contributed by atoms with Crippen molar-refractivity contribution in [3.63, 3.8) is 0 Å². The standard InChI is InChI=1S/C16H28N2O3/c1-11-7-8-18(10-12(2)9-11)16(21)17-14-5-3-13(4-6-14)15(19)20/h11-14H,3-10H2,1-2H3,(H,17,21)(H,19,20). The molecule has 0 aromatic heterocycles. The van der Waals surface area contributed by atoms with E-state index in [4.69, 9.17) is 5.11 Å². The summed E-state index contributed by atoms with van der Waals surface area (Å²) in [5, 5.41) is 12.1. The number of likely N-dealkylation sites (tertiary alicyclic amines) is 1. The lowest BCUT2D eigenvalue weighted by Crippen LogP contribution is -2.47. The van der Waals surface area contributed by atoms with Crippen LogP contribution in [0, 0.1) is 17.8 Å². The summed E-state index contributed by atoms with van der Waals surface area (Å²) < 4.78 is 0. The highest BCUT2D eigenvalue weighted by molar-refractivity contribution is 5.74. The van der Waals surface area contributed by atoms with Gasteiger partial charge in [-0.25, -0.2) is 4.79 Å². The maximum Gasteiger partial charge on any atom is 0.317 e. The Morgan fingerprint density at radius 1 is 1.05 bits per heavy atom. The summed E-state index contributed by atoms with van der Waals surface area (Å²) in [6.07, 6.45) is 5.17. The van der Waals surface area contributed by atoms with Gasteiger partial charge >= 0.3 is 12.0 Å². The van der Waals surface area contributed by atoms with Gasteiger partial charge in [-0.3, -0.25) is 4.79 Å². The number of aliphatic carboxylic acids is 1. The average molecular weight is 296 g/mol. The highest BCUT2D eigenvalue weighted by Gasteiger charge is 2.29. The Hall–Kier alpha value is -1.26. The summed E-state index contributed by atoms with van der Waals surface area (Å²) in [6.45, 7) is 6.13. The van der Waals surface area contributed by atoms with Crippen LogP contribution < -0.4 is 5.32 Å². The van der Waals surface area contributed by atoms with Gasteiger partial charge in [0.1, 0.15) is 0 Å². The first-order valence-electron chi connectivity index (χ1n) is 8.24. The van der Waals surface area contributed by atoms with E-state index in [9.17, 15) is 9.59 Å². The van der Waals surface area contributed by atoms with E-state index in [1.165, 1.54) is 6.42 Å². The minimum Gasteiger partial charge on any atom is -0.481 e. The Labute approximate surface area is 127 Å². The highest BCUT2D eigenvalue weighted by atomic mass is 16.4. The molecule has 2 rings (SSSR count). The fourth-order valence-electron chi connectivity index (χ4n) is 3.66. The van der Waals surface area contributed by atoms with Gasteiger partial charge in [-0.2, -0.15) is 0 Å². The van der Waals surface area contributed by atoms with Gasteiger partial charge in [0.2, 0.25) is 0 Å². The highest BCUT2D eigenvalue weighted by Crippen LogP contribution is 2.25. The molecule has 120 valence electrons. The molecular weight excluding hydrogens is 268 g/mol. The molecule has 2 unspecified atom stereocenters. The Morgan fingerprint density at radius 2 is 1.71 bits per heavy atom. The smallest absolute Gasteiger partial charge is 0.317 e. The van der Waals surface area contributed by atoms with Crippen LogP contribution in [0.1, 0.15) is 52.4 Å². The molecule has 1 saturated carbocycles. The van der Waals surface area contributed by atoms with E-state index >= 15 is 0 Å². The van der Waals surface area contributed by atoms with E-state index in [1.54, 1.807) is 0 Å². The summed E-state index contributed by atoms with van der Waals surface area (Å²) >= 11 is 0. The molecule has 0 radical (unpaired) electrons. The lowest BCUT2D eigenvalue weighted by molar-refractivity contribution is -0.142. The third-order valence-corrected chi connectivity index (χ3v) is 4.92. The molecule has 2 fully saturated rings. The van der Waals surface area contributed by atoms with Crippen LogP contribution in [0.5, 0.6) is 0 Å². The van der Waals surface area contributed by atoms with Crippen molar-refractivity contribution in [2.24, 2.45) is 17.8 Å². The summed E-state index contributed by atoms with van der Waals surface area (Å²) in [5.41, 5.74) is 0. The first kappa shape index (κ1) is 16.1. The van der Waals surface area contributed by atoms with Crippen molar-refractivity contribution in [1.29, 1.82) is 0 Å². The summed E-state index contributed by atoms with van der Waals surface area (Å²) in [6, 6.07) is 0.179. The number of carbonyl (C=O) groups is 2. The number of carboxylic acids is 1. The van der Waals surface area contributed by atoms with Crippen LogP contribution in [0.3, 0.4) is 0 Å². The monoisotopic (exact) mass is 296 g/mol. The number of amides is 2. The van der Waals surface area contributed by atoms with Gasteiger partial charge in [-0.05, 0) is 50.4 Å². The maximum absolute atomic E-state index is 12.4. The third-order valence-electron chi connectivity index (χ3n) is 4.92. The zero-order chi connectivity index (χ0) is 15.4. The van der Waals surface area contributed by atoms with Crippen molar-refractivity contribution in [1.82, 2.24) is 10.2 Å². The fourth-order valence-corrected chi connectivity index (χ4v) is 3.66. The van der Waals surface area contributed by atoms with Gasteiger partial charge in [0.25, 0.3) is 0 Å². The molecule has 5 heteroatoms. The molecule has 2 N–H and O–H groups in total. The van der Waals surface area contributed by atoms with Gasteiger partial charge in [0, 0.05) is 19.1 Å². The zero-order valence-corrected chi connectivity index (χ0v) is 13.2. The molecule has 2 amide bonds. The average Bonchev–Trinajstić information content (AvgIpc) is 2.60. The quantitative estimate of drug-likeness (QED) is 0.823. The summed E-state index contributed by atoms with van der Waals surface area (Å²) in [5.74, 6) is 0.312. The molecular formula is C16H28N2O3.